The molecule has 1 aliphatic heterocycles. The number of nitriles is 1. The molecule has 0 aromatic heterocycles. The van der Waals surface area contributed by atoms with Gasteiger partial charge in [0.1, 0.15) is 15.8 Å². The fraction of sp³-hybridized carbons (Fsp3) is 0.200. The zero-order chi connectivity index (χ0) is 10.8. The summed E-state index contributed by atoms with van der Waals surface area (Å²) in [7, 11) is 0. The first-order chi connectivity index (χ1) is 7.20. The van der Waals surface area contributed by atoms with Crippen molar-refractivity contribution < 1.29 is 4.39 Å². The lowest BCUT2D eigenvalue weighted by atomic mass is 10.1. The van der Waals surface area contributed by atoms with Gasteiger partial charge in [-0.15, -0.1) is 0 Å². The van der Waals surface area contributed by atoms with Gasteiger partial charge in [-0.2, -0.15) is 5.26 Å². The van der Waals surface area contributed by atoms with Gasteiger partial charge in [0, 0.05) is 0 Å². The molecule has 1 unspecified atom stereocenters. The third-order valence-corrected chi connectivity index (χ3v) is 3.94. The molecule has 0 spiro atoms. The van der Waals surface area contributed by atoms with Crippen LogP contribution >= 0.6 is 27.7 Å². The molecular weight excluding hydrogens is 279 g/mol. The van der Waals surface area contributed by atoms with Gasteiger partial charge in [-0.05, 0) is 33.6 Å². The average Bonchev–Trinajstić information content (AvgIpc) is 2.66. The van der Waals surface area contributed by atoms with E-state index >= 15 is 0 Å². The molecule has 0 amide bonds. The van der Waals surface area contributed by atoms with Gasteiger partial charge in [-0.25, -0.2) is 4.39 Å². The number of benzene rings is 1. The van der Waals surface area contributed by atoms with E-state index in [4.69, 9.17) is 5.26 Å². The van der Waals surface area contributed by atoms with E-state index in [0.717, 1.165) is 9.52 Å². The van der Waals surface area contributed by atoms with E-state index in [0.29, 0.717) is 6.54 Å². The summed E-state index contributed by atoms with van der Waals surface area (Å²) < 4.78 is 13.9. The Balaban J connectivity index is 2.28. The van der Waals surface area contributed by atoms with Crippen molar-refractivity contribution >= 4 is 31.6 Å². The van der Waals surface area contributed by atoms with E-state index in [1.807, 2.05) is 6.07 Å². The molecule has 1 aliphatic rings. The third kappa shape index (κ3) is 2.21. The predicted molar refractivity (Wildman–Crippen MR) is 62.7 cm³/mol. The van der Waals surface area contributed by atoms with Gasteiger partial charge in [0.2, 0.25) is 0 Å². The maximum Gasteiger partial charge on any atom is 0.140 e. The highest BCUT2D eigenvalue weighted by Gasteiger charge is 2.20. The lowest BCUT2D eigenvalue weighted by molar-refractivity contribution is 0.623. The van der Waals surface area contributed by atoms with Crippen molar-refractivity contribution in [1.82, 2.24) is 0 Å². The molecule has 1 aromatic carbocycles. The van der Waals surface area contributed by atoms with Gasteiger partial charge in [0.25, 0.3) is 0 Å². The number of thioether (sulfide) groups is 1. The van der Waals surface area contributed by atoms with E-state index in [1.54, 1.807) is 23.9 Å². The summed E-state index contributed by atoms with van der Waals surface area (Å²) in [4.78, 5) is 4.19. The van der Waals surface area contributed by atoms with Crippen molar-refractivity contribution in [3.8, 4) is 6.07 Å². The molecule has 0 bridgehead atoms. The fourth-order valence-corrected chi connectivity index (χ4v) is 2.99. The lowest BCUT2D eigenvalue weighted by Gasteiger charge is -2.08. The Bertz CT molecular complexity index is 467. The van der Waals surface area contributed by atoms with Gasteiger partial charge < -0.3 is 0 Å². The van der Waals surface area contributed by atoms with Crippen LogP contribution in [0.15, 0.2) is 23.2 Å². The molecule has 15 heavy (non-hydrogen) atoms. The molecule has 0 radical (unpaired) electrons. The summed E-state index contributed by atoms with van der Waals surface area (Å²) in [6.07, 6.45) is 0. The van der Waals surface area contributed by atoms with E-state index in [1.165, 1.54) is 6.07 Å². The Morgan fingerprint density at radius 2 is 2.40 bits per heavy atom. The van der Waals surface area contributed by atoms with Crippen LogP contribution in [-0.4, -0.2) is 10.5 Å². The Hall–Kier alpha value is -0.860. The van der Waals surface area contributed by atoms with E-state index < -0.39 is 5.82 Å². The Kier molecular flexibility index (Phi) is 3.08. The number of hydrogen-bond acceptors (Lipinski definition) is 3. The molecule has 0 saturated heterocycles. The smallest absolute Gasteiger partial charge is 0.140 e. The number of halogens is 2. The molecule has 1 atom stereocenters. The minimum Gasteiger partial charge on any atom is -0.270 e. The first-order valence-corrected chi connectivity index (χ1v) is 5.94. The van der Waals surface area contributed by atoms with Crippen LogP contribution in [0.2, 0.25) is 0 Å². The van der Waals surface area contributed by atoms with Crippen LogP contribution in [0.5, 0.6) is 0 Å². The van der Waals surface area contributed by atoms with Crippen molar-refractivity contribution in [3.63, 3.8) is 0 Å². The minimum atomic E-state index is -0.468. The molecule has 5 heteroatoms. The quantitative estimate of drug-likeness (QED) is 0.794. The summed E-state index contributed by atoms with van der Waals surface area (Å²) in [5.41, 5.74) is 1.03. The predicted octanol–water partition coefficient (Wildman–Crippen LogP) is 3.24. The Labute approximate surface area is 99.3 Å². The molecule has 2 rings (SSSR count). The van der Waals surface area contributed by atoms with Crippen molar-refractivity contribution in [2.24, 2.45) is 4.99 Å². The molecule has 0 fully saturated rings. The van der Waals surface area contributed by atoms with Crippen LogP contribution in [0.25, 0.3) is 0 Å². The van der Waals surface area contributed by atoms with E-state index in [9.17, 15) is 4.39 Å². The monoisotopic (exact) mass is 284 g/mol. The summed E-state index contributed by atoms with van der Waals surface area (Å²) in [6, 6.07) is 6.47. The van der Waals surface area contributed by atoms with Crippen molar-refractivity contribution in [1.29, 1.82) is 5.26 Å². The van der Waals surface area contributed by atoms with Gasteiger partial charge in [-0.1, -0.05) is 17.8 Å². The van der Waals surface area contributed by atoms with Gasteiger partial charge in [0.05, 0.1) is 17.4 Å². The van der Waals surface area contributed by atoms with E-state index in [2.05, 4.69) is 20.9 Å². The topological polar surface area (TPSA) is 36.1 Å². The molecule has 1 heterocycles. The van der Waals surface area contributed by atoms with Crippen molar-refractivity contribution in [2.75, 3.05) is 6.54 Å². The van der Waals surface area contributed by atoms with Crippen LogP contribution < -0.4 is 0 Å². The number of aliphatic imine (C=N–C) groups is 1. The van der Waals surface area contributed by atoms with Gasteiger partial charge in [-0.3, -0.25) is 4.99 Å². The molecule has 1 aromatic rings. The summed E-state index contributed by atoms with van der Waals surface area (Å²) in [6.45, 7) is 0.668. The molecule has 0 saturated carbocycles. The summed E-state index contributed by atoms with van der Waals surface area (Å²) in [5.74, 6) is -0.468. The normalized spacial score (nSPS) is 19.8. The zero-order valence-electron chi connectivity index (χ0n) is 7.58. The molecule has 76 valence electrons. The van der Waals surface area contributed by atoms with Crippen LogP contribution in [0.1, 0.15) is 16.4 Å². The van der Waals surface area contributed by atoms with Crippen LogP contribution in [0.3, 0.4) is 0 Å². The minimum absolute atomic E-state index is 0.0936. The highest BCUT2D eigenvalue weighted by Crippen LogP contribution is 2.37. The molecule has 2 nitrogen and oxygen atoms in total. The highest BCUT2D eigenvalue weighted by atomic mass is 79.9. The SMILES string of the molecule is N#Cc1cc(C2CN=C(Br)S2)ccc1F. The van der Waals surface area contributed by atoms with Crippen molar-refractivity contribution in [2.45, 2.75) is 5.25 Å². The zero-order valence-corrected chi connectivity index (χ0v) is 9.98. The molecule has 0 aliphatic carbocycles. The standard InChI is InChI=1S/C10H6BrFN2S/c11-10-14-5-9(15-10)6-1-2-8(12)7(3-6)4-13/h1-3,9H,5H2. The second kappa shape index (κ2) is 4.33. The van der Waals surface area contributed by atoms with Gasteiger partial charge in [0.15, 0.2) is 0 Å². The average molecular weight is 285 g/mol. The van der Waals surface area contributed by atoms with Gasteiger partial charge >= 0.3 is 0 Å². The summed E-state index contributed by atoms with van der Waals surface area (Å²) in [5, 5.41) is 8.89. The Morgan fingerprint density at radius 1 is 1.60 bits per heavy atom. The first-order valence-electron chi connectivity index (χ1n) is 4.27. The molecular formula is C10H6BrFN2S. The fourth-order valence-electron chi connectivity index (χ4n) is 1.35. The third-order valence-electron chi connectivity index (χ3n) is 2.10. The maximum absolute atomic E-state index is 13.1. The number of hydrogen-bond donors (Lipinski definition) is 0. The van der Waals surface area contributed by atoms with Crippen LogP contribution in [0, 0.1) is 17.1 Å². The van der Waals surface area contributed by atoms with Crippen LogP contribution in [0.4, 0.5) is 4.39 Å². The second-order valence-electron chi connectivity index (χ2n) is 3.05. The first kappa shape index (κ1) is 10.7. The van der Waals surface area contributed by atoms with E-state index in [-0.39, 0.29) is 10.8 Å². The van der Waals surface area contributed by atoms with Crippen molar-refractivity contribution in [3.05, 3.63) is 35.1 Å². The molecule has 0 N–H and O–H groups in total. The maximum atomic E-state index is 13.1. The summed E-state index contributed by atoms with van der Waals surface area (Å²) >= 11 is 4.88. The van der Waals surface area contributed by atoms with Crippen LogP contribution in [-0.2, 0) is 0 Å². The Morgan fingerprint density at radius 3 is 3.00 bits per heavy atom. The largest absolute Gasteiger partial charge is 0.270 e. The second-order valence-corrected chi connectivity index (χ2v) is 5.52. The number of rotatable bonds is 1. The lowest BCUT2D eigenvalue weighted by Crippen LogP contribution is -1.96. The number of nitrogens with zero attached hydrogens (tertiary/aromatic N) is 2. The highest BCUT2D eigenvalue weighted by molar-refractivity contribution is 9.22.